The average molecular weight is 490 g/mol. The van der Waals surface area contributed by atoms with Crippen LogP contribution in [0.25, 0.3) is 0 Å². The maximum absolute atomic E-state index is 9.46. The lowest BCUT2D eigenvalue weighted by atomic mass is 9.90. The zero-order chi connectivity index (χ0) is 24.9. The van der Waals surface area contributed by atoms with Gasteiger partial charge in [0.2, 0.25) is 5.95 Å². The standard InChI is InChI=1S/C28H35N5O3/c1-20-25(18-32-13-15-33(16-14-32)28-30-11-2-12-31-28)35-27(24-9-3-21(17-29)4-10-24)36-26(20)23-7-5-22(19-34)6-8-23/h2-12,20,25-27,34H,13-19,29H2,1H3/t20-,25+,26+,27?/m0/s1. The van der Waals surface area contributed by atoms with E-state index in [2.05, 4.69) is 38.8 Å². The van der Waals surface area contributed by atoms with Crippen molar-refractivity contribution in [2.45, 2.75) is 38.6 Å². The number of aliphatic hydroxyl groups is 1. The molecule has 1 aromatic heterocycles. The molecular weight excluding hydrogens is 454 g/mol. The molecule has 36 heavy (non-hydrogen) atoms. The average Bonchev–Trinajstić information content (AvgIpc) is 2.95. The van der Waals surface area contributed by atoms with Crippen LogP contribution in [0.1, 0.15) is 41.6 Å². The highest BCUT2D eigenvalue weighted by Gasteiger charge is 2.39. The van der Waals surface area contributed by atoms with E-state index in [1.165, 1.54) is 0 Å². The zero-order valence-corrected chi connectivity index (χ0v) is 20.7. The van der Waals surface area contributed by atoms with Crippen LogP contribution in [0.2, 0.25) is 0 Å². The van der Waals surface area contributed by atoms with E-state index < -0.39 is 6.29 Å². The van der Waals surface area contributed by atoms with Crippen LogP contribution in [0.15, 0.2) is 67.0 Å². The maximum atomic E-state index is 9.46. The van der Waals surface area contributed by atoms with Gasteiger partial charge in [-0.2, -0.15) is 0 Å². The number of nitrogens with two attached hydrogens (primary N) is 1. The summed E-state index contributed by atoms with van der Waals surface area (Å²) in [4.78, 5) is 13.5. The number of piperazine rings is 1. The molecule has 0 radical (unpaired) electrons. The predicted molar refractivity (Wildman–Crippen MR) is 138 cm³/mol. The Morgan fingerprint density at radius 2 is 1.53 bits per heavy atom. The quantitative estimate of drug-likeness (QED) is 0.523. The molecule has 0 amide bonds. The molecule has 0 spiro atoms. The predicted octanol–water partition coefficient (Wildman–Crippen LogP) is 3.04. The van der Waals surface area contributed by atoms with Crippen molar-refractivity contribution < 1.29 is 14.6 Å². The summed E-state index contributed by atoms with van der Waals surface area (Å²) >= 11 is 0. The molecule has 2 aliphatic heterocycles. The Balaban J connectivity index is 1.32. The highest BCUT2D eigenvalue weighted by molar-refractivity contribution is 5.29. The number of aliphatic hydroxyl groups excluding tert-OH is 1. The Morgan fingerprint density at radius 1 is 0.889 bits per heavy atom. The number of rotatable bonds is 7. The zero-order valence-electron chi connectivity index (χ0n) is 20.7. The molecule has 190 valence electrons. The van der Waals surface area contributed by atoms with Crippen molar-refractivity contribution in [3.05, 3.63) is 89.2 Å². The second-order valence-electron chi connectivity index (χ2n) is 9.60. The number of hydrogen-bond donors (Lipinski definition) is 2. The third kappa shape index (κ3) is 5.58. The molecule has 0 saturated carbocycles. The summed E-state index contributed by atoms with van der Waals surface area (Å²) < 4.78 is 13.1. The first-order chi connectivity index (χ1) is 17.6. The molecule has 3 aromatic rings. The Morgan fingerprint density at radius 3 is 2.17 bits per heavy atom. The lowest BCUT2D eigenvalue weighted by Crippen LogP contribution is -2.51. The lowest BCUT2D eigenvalue weighted by Gasteiger charge is -2.44. The molecule has 1 unspecified atom stereocenters. The normalized spacial score (nSPS) is 25.1. The summed E-state index contributed by atoms with van der Waals surface area (Å²) in [6.45, 7) is 7.20. The second-order valence-corrected chi connectivity index (χ2v) is 9.60. The van der Waals surface area contributed by atoms with E-state index in [0.717, 1.165) is 60.9 Å². The fourth-order valence-corrected chi connectivity index (χ4v) is 4.98. The van der Waals surface area contributed by atoms with Gasteiger partial charge in [-0.25, -0.2) is 9.97 Å². The molecule has 2 aliphatic rings. The van der Waals surface area contributed by atoms with Crippen LogP contribution in [-0.4, -0.2) is 58.8 Å². The third-order valence-electron chi connectivity index (χ3n) is 7.26. The summed E-state index contributed by atoms with van der Waals surface area (Å²) in [7, 11) is 0. The van der Waals surface area contributed by atoms with Crippen molar-refractivity contribution in [2.75, 3.05) is 37.6 Å². The molecule has 3 heterocycles. The van der Waals surface area contributed by atoms with Gasteiger partial charge in [-0.3, -0.25) is 4.90 Å². The van der Waals surface area contributed by atoms with Crippen LogP contribution in [0, 0.1) is 5.92 Å². The fourth-order valence-electron chi connectivity index (χ4n) is 4.98. The molecule has 2 aromatic carbocycles. The van der Waals surface area contributed by atoms with Crippen LogP contribution in [0.3, 0.4) is 0 Å². The van der Waals surface area contributed by atoms with Crippen molar-refractivity contribution in [2.24, 2.45) is 11.7 Å². The maximum Gasteiger partial charge on any atom is 0.225 e. The van der Waals surface area contributed by atoms with Gasteiger partial charge in [0.05, 0.1) is 18.8 Å². The third-order valence-corrected chi connectivity index (χ3v) is 7.26. The number of ether oxygens (including phenoxy) is 2. The highest BCUT2D eigenvalue weighted by atomic mass is 16.7. The summed E-state index contributed by atoms with van der Waals surface area (Å²) in [6, 6.07) is 18.0. The Bertz CT molecular complexity index is 1090. The van der Waals surface area contributed by atoms with Crippen LogP contribution in [-0.2, 0) is 22.6 Å². The monoisotopic (exact) mass is 489 g/mol. The molecule has 8 heteroatoms. The largest absolute Gasteiger partial charge is 0.392 e. The van der Waals surface area contributed by atoms with E-state index >= 15 is 0 Å². The smallest absolute Gasteiger partial charge is 0.225 e. The molecule has 3 N–H and O–H groups in total. The van der Waals surface area contributed by atoms with Gasteiger partial charge >= 0.3 is 0 Å². The molecule has 0 aliphatic carbocycles. The molecule has 4 atom stereocenters. The summed E-state index contributed by atoms with van der Waals surface area (Å²) in [6.07, 6.45) is 3.01. The number of benzene rings is 2. The molecule has 0 bridgehead atoms. The van der Waals surface area contributed by atoms with Gasteiger partial charge in [0.15, 0.2) is 6.29 Å². The first kappa shape index (κ1) is 24.8. The van der Waals surface area contributed by atoms with E-state index in [0.29, 0.717) is 6.54 Å². The fraction of sp³-hybridized carbons (Fsp3) is 0.429. The number of nitrogens with zero attached hydrogens (tertiary/aromatic N) is 4. The van der Waals surface area contributed by atoms with Crippen molar-refractivity contribution >= 4 is 5.95 Å². The van der Waals surface area contributed by atoms with Gasteiger partial charge in [-0.15, -0.1) is 0 Å². The Labute approximate surface area is 212 Å². The van der Waals surface area contributed by atoms with Gasteiger partial charge in [0, 0.05) is 63.1 Å². The van der Waals surface area contributed by atoms with Crippen LogP contribution >= 0.6 is 0 Å². The van der Waals surface area contributed by atoms with E-state index in [-0.39, 0.29) is 24.7 Å². The summed E-state index contributed by atoms with van der Waals surface area (Å²) in [5.74, 6) is 0.945. The van der Waals surface area contributed by atoms with E-state index in [1.54, 1.807) is 12.4 Å². The molecule has 2 fully saturated rings. The van der Waals surface area contributed by atoms with E-state index in [9.17, 15) is 5.11 Å². The second kappa shape index (κ2) is 11.5. The van der Waals surface area contributed by atoms with Gasteiger partial charge < -0.3 is 25.2 Å². The lowest BCUT2D eigenvalue weighted by molar-refractivity contribution is -0.276. The van der Waals surface area contributed by atoms with Crippen molar-refractivity contribution in [3.63, 3.8) is 0 Å². The summed E-state index contributed by atoms with van der Waals surface area (Å²) in [5.41, 5.74) is 9.86. The first-order valence-corrected chi connectivity index (χ1v) is 12.7. The number of aromatic nitrogens is 2. The van der Waals surface area contributed by atoms with Gasteiger partial charge in [-0.1, -0.05) is 55.5 Å². The van der Waals surface area contributed by atoms with Crippen LogP contribution in [0.5, 0.6) is 0 Å². The van der Waals surface area contributed by atoms with Gasteiger partial charge in [0.1, 0.15) is 0 Å². The van der Waals surface area contributed by atoms with Gasteiger partial charge in [0.25, 0.3) is 0 Å². The van der Waals surface area contributed by atoms with Crippen LogP contribution in [0.4, 0.5) is 5.95 Å². The van der Waals surface area contributed by atoms with Crippen molar-refractivity contribution in [1.82, 2.24) is 14.9 Å². The van der Waals surface area contributed by atoms with Gasteiger partial charge in [-0.05, 0) is 22.8 Å². The SMILES string of the molecule is C[C@H]1[C@@H](CN2CCN(c3ncccn3)CC2)OC(c2ccc(CN)cc2)O[C@H]1c1ccc(CO)cc1. The highest BCUT2D eigenvalue weighted by Crippen LogP contribution is 2.42. The van der Waals surface area contributed by atoms with Crippen LogP contribution < -0.4 is 10.6 Å². The Kier molecular flexibility index (Phi) is 7.89. The molecule has 2 saturated heterocycles. The Hall–Kier alpha value is -2.88. The topological polar surface area (TPSA) is 97.0 Å². The minimum atomic E-state index is -0.459. The molecule has 8 nitrogen and oxygen atoms in total. The molecular formula is C28H35N5O3. The van der Waals surface area contributed by atoms with E-state index in [4.69, 9.17) is 15.2 Å². The number of hydrogen-bond acceptors (Lipinski definition) is 8. The first-order valence-electron chi connectivity index (χ1n) is 12.7. The minimum absolute atomic E-state index is 0.0000198. The summed E-state index contributed by atoms with van der Waals surface area (Å²) in [5, 5.41) is 9.46. The number of anilines is 1. The van der Waals surface area contributed by atoms with Crippen molar-refractivity contribution in [1.29, 1.82) is 0 Å². The van der Waals surface area contributed by atoms with E-state index in [1.807, 2.05) is 42.5 Å². The van der Waals surface area contributed by atoms with Crippen molar-refractivity contribution in [3.8, 4) is 0 Å². The minimum Gasteiger partial charge on any atom is -0.392 e. The molecule has 5 rings (SSSR count).